The van der Waals surface area contributed by atoms with Crippen LogP contribution in [-0.4, -0.2) is 42.3 Å². The maximum atomic E-state index is 12.0. The lowest BCUT2D eigenvalue weighted by atomic mass is 10.2. The molecule has 26 heavy (non-hydrogen) atoms. The van der Waals surface area contributed by atoms with Crippen molar-refractivity contribution in [3.8, 4) is 11.6 Å². The number of aryl methyl sites for hydroxylation is 1. The number of aromatic nitrogens is 1. The molecule has 0 aliphatic carbocycles. The smallest absolute Gasteiger partial charge is 0.415 e. The lowest BCUT2D eigenvalue weighted by molar-refractivity contribution is -0.830. The maximum absolute atomic E-state index is 12.0. The lowest BCUT2D eigenvalue weighted by Crippen LogP contribution is -2.75. The number of pyridine rings is 1. The van der Waals surface area contributed by atoms with Gasteiger partial charge in [-0.1, -0.05) is 19.9 Å². The molecule has 1 aromatic heterocycles. The lowest BCUT2D eigenvalue weighted by Gasteiger charge is -2.37. The average molecular weight is 360 g/mol. The number of hydrogen-bond donors (Lipinski definition) is 1. The highest BCUT2D eigenvalue weighted by Crippen LogP contribution is 2.19. The summed E-state index contributed by atoms with van der Waals surface area (Å²) in [6.45, 7) is 6.95. The minimum atomic E-state index is -0.379. The van der Waals surface area contributed by atoms with Gasteiger partial charge in [-0.2, -0.15) is 5.48 Å². The third kappa shape index (κ3) is 5.44. The molecule has 0 unspecified atom stereocenters. The number of benzene rings is 1. The number of quaternary nitrogens is 1. The van der Waals surface area contributed by atoms with E-state index < -0.39 is 0 Å². The molecule has 1 aliphatic heterocycles. The zero-order valence-electron chi connectivity index (χ0n) is 15.6. The molecule has 7 heteroatoms. The van der Waals surface area contributed by atoms with Crippen LogP contribution in [0.15, 0.2) is 42.6 Å². The van der Waals surface area contributed by atoms with E-state index >= 15 is 0 Å². The van der Waals surface area contributed by atoms with Crippen LogP contribution in [0.25, 0.3) is 0 Å². The van der Waals surface area contributed by atoms with Crippen LogP contribution in [0.1, 0.15) is 19.4 Å². The van der Waals surface area contributed by atoms with Gasteiger partial charge in [0.25, 0.3) is 0 Å². The summed E-state index contributed by atoms with van der Waals surface area (Å²) in [5.41, 5.74) is 3.60. The van der Waals surface area contributed by atoms with Crippen LogP contribution >= 0.6 is 0 Å². The van der Waals surface area contributed by atoms with Gasteiger partial charge in [0, 0.05) is 24.4 Å². The summed E-state index contributed by atoms with van der Waals surface area (Å²) in [6, 6.07) is 10.9. The first kappa shape index (κ1) is 19.7. The van der Waals surface area contributed by atoms with E-state index in [4.69, 9.17) is 14.3 Å². The van der Waals surface area contributed by atoms with Gasteiger partial charge in [0.2, 0.25) is 5.88 Å². The molecular formula is C19H26N3O4+. The van der Waals surface area contributed by atoms with Gasteiger partial charge >= 0.3 is 6.09 Å². The molecule has 2 aromatic rings. The summed E-state index contributed by atoms with van der Waals surface area (Å²) in [5.74, 6) is 1.07. The Hall–Kier alpha value is -2.64. The molecule has 7 nitrogen and oxygen atoms in total. The Kier molecular flexibility index (Phi) is 7.37. The first-order valence-corrected chi connectivity index (χ1v) is 8.66. The van der Waals surface area contributed by atoms with Crippen molar-refractivity contribution in [1.29, 1.82) is 0 Å². The van der Waals surface area contributed by atoms with Crippen LogP contribution in [0.4, 0.5) is 10.5 Å². The number of carbonyl (C=O) groups is 1. The van der Waals surface area contributed by atoms with E-state index in [-0.39, 0.29) is 12.2 Å². The SMILES string of the molecule is CC.CO[NH2+]c1ccc(OC(=O)N2CC(Oc3ccc(C)cn3)C2)cc1. The molecule has 140 valence electrons. The number of likely N-dealkylation sites (tertiary alicyclic amines) is 1. The third-order valence-electron chi connectivity index (χ3n) is 3.62. The predicted octanol–water partition coefficient (Wildman–Crippen LogP) is 2.43. The van der Waals surface area contributed by atoms with Crippen molar-refractivity contribution >= 4 is 11.8 Å². The Morgan fingerprint density at radius 3 is 2.42 bits per heavy atom. The van der Waals surface area contributed by atoms with E-state index in [1.54, 1.807) is 35.8 Å². The van der Waals surface area contributed by atoms with Crippen LogP contribution < -0.4 is 15.0 Å². The van der Waals surface area contributed by atoms with E-state index in [9.17, 15) is 4.79 Å². The Morgan fingerprint density at radius 2 is 1.85 bits per heavy atom. The number of amides is 1. The maximum Gasteiger partial charge on any atom is 0.415 e. The minimum absolute atomic E-state index is 0.0496. The Morgan fingerprint density at radius 1 is 1.15 bits per heavy atom. The minimum Gasteiger partial charge on any atom is -0.471 e. The van der Waals surface area contributed by atoms with Crippen LogP contribution in [-0.2, 0) is 4.84 Å². The second kappa shape index (κ2) is 9.74. The largest absolute Gasteiger partial charge is 0.471 e. The first-order chi connectivity index (χ1) is 12.6. The molecular weight excluding hydrogens is 334 g/mol. The molecule has 1 aliphatic rings. The van der Waals surface area contributed by atoms with Crippen molar-refractivity contribution in [1.82, 2.24) is 9.88 Å². The Bertz CT molecular complexity index is 683. The van der Waals surface area contributed by atoms with E-state index in [2.05, 4.69) is 4.98 Å². The van der Waals surface area contributed by atoms with E-state index in [0.717, 1.165) is 11.3 Å². The second-order valence-corrected chi connectivity index (χ2v) is 5.61. The quantitative estimate of drug-likeness (QED) is 0.655. The van der Waals surface area contributed by atoms with Crippen molar-refractivity contribution in [2.45, 2.75) is 26.9 Å². The summed E-state index contributed by atoms with van der Waals surface area (Å²) < 4.78 is 11.0. The van der Waals surface area contributed by atoms with Gasteiger partial charge in [0.15, 0.2) is 5.69 Å². The van der Waals surface area contributed by atoms with Gasteiger partial charge in [-0.05, 0) is 24.6 Å². The molecule has 0 spiro atoms. The highest BCUT2D eigenvalue weighted by atomic mass is 16.6. The predicted molar refractivity (Wildman–Crippen MR) is 97.4 cm³/mol. The standard InChI is InChI=1S/C17H19N3O4.C2H6/c1-12-3-8-16(18-9-12)23-15-10-20(11-15)17(21)24-14-6-4-13(5-7-14)19-22-2;1-2/h3-9,15,19H,10-11H2,1-2H3;1-2H3/p+1. The number of nitrogens with zero attached hydrogens (tertiary/aromatic N) is 2. The topological polar surface area (TPSA) is 77.5 Å². The molecule has 0 atom stereocenters. The molecule has 0 bridgehead atoms. The fraction of sp³-hybridized carbons (Fsp3) is 0.368. The van der Waals surface area contributed by atoms with Crippen LogP contribution in [0.5, 0.6) is 11.6 Å². The van der Waals surface area contributed by atoms with Crippen molar-refractivity contribution in [2.24, 2.45) is 0 Å². The fourth-order valence-corrected chi connectivity index (χ4v) is 2.27. The van der Waals surface area contributed by atoms with Crippen LogP contribution in [0.3, 0.4) is 0 Å². The second-order valence-electron chi connectivity index (χ2n) is 5.61. The normalized spacial score (nSPS) is 13.3. The van der Waals surface area contributed by atoms with Crippen LogP contribution in [0, 0.1) is 6.92 Å². The summed E-state index contributed by atoms with van der Waals surface area (Å²) in [5, 5.41) is 0. The monoisotopic (exact) mass is 360 g/mol. The van der Waals surface area contributed by atoms with Gasteiger partial charge in [0.1, 0.15) is 11.9 Å². The van der Waals surface area contributed by atoms with Gasteiger partial charge < -0.3 is 14.4 Å². The van der Waals surface area contributed by atoms with Gasteiger partial charge in [-0.25, -0.2) is 14.6 Å². The van der Waals surface area contributed by atoms with Gasteiger partial charge in [0.05, 0.1) is 20.2 Å². The first-order valence-electron chi connectivity index (χ1n) is 8.66. The number of carbonyl (C=O) groups excluding carboxylic acids is 1. The van der Waals surface area contributed by atoms with Crippen molar-refractivity contribution < 1.29 is 24.6 Å². The Balaban J connectivity index is 0.00000117. The molecule has 0 radical (unpaired) electrons. The zero-order chi connectivity index (χ0) is 18.9. The summed E-state index contributed by atoms with van der Waals surface area (Å²) in [6.07, 6.45) is 1.33. The molecule has 0 saturated carbocycles. The molecule has 2 N–H and O–H groups in total. The van der Waals surface area contributed by atoms with Crippen LogP contribution in [0.2, 0.25) is 0 Å². The van der Waals surface area contributed by atoms with Crippen molar-refractivity contribution in [3.05, 3.63) is 48.2 Å². The summed E-state index contributed by atoms with van der Waals surface area (Å²) in [7, 11) is 1.59. The summed E-state index contributed by atoms with van der Waals surface area (Å²) >= 11 is 0. The molecule has 1 fully saturated rings. The number of nitrogens with two attached hydrogens (primary N) is 1. The fourth-order valence-electron chi connectivity index (χ4n) is 2.27. The van der Waals surface area contributed by atoms with Crippen molar-refractivity contribution in [3.63, 3.8) is 0 Å². The average Bonchev–Trinajstić information content (AvgIpc) is 2.63. The van der Waals surface area contributed by atoms with Gasteiger partial charge in [-0.15, -0.1) is 0 Å². The number of hydrogen-bond acceptors (Lipinski definition) is 5. The van der Waals surface area contributed by atoms with E-state index in [0.29, 0.717) is 24.7 Å². The van der Waals surface area contributed by atoms with Gasteiger partial charge in [-0.3, -0.25) is 0 Å². The summed E-state index contributed by atoms with van der Waals surface area (Å²) in [4.78, 5) is 22.8. The highest BCUT2D eigenvalue weighted by molar-refractivity contribution is 5.71. The molecule has 1 aromatic carbocycles. The zero-order valence-corrected chi connectivity index (χ0v) is 15.6. The number of rotatable bonds is 5. The molecule has 1 amide bonds. The third-order valence-corrected chi connectivity index (χ3v) is 3.62. The molecule has 1 saturated heterocycles. The highest BCUT2D eigenvalue weighted by Gasteiger charge is 2.34. The Labute approximate surface area is 153 Å². The molecule has 3 rings (SSSR count). The van der Waals surface area contributed by atoms with E-state index in [1.807, 2.05) is 45.0 Å². The molecule has 2 heterocycles. The van der Waals surface area contributed by atoms with Crippen molar-refractivity contribution in [2.75, 3.05) is 20.2 Å². The number of ether oxygens (including phenoxy) is 2. The van der Waals surface area contributed by atoms with E-state index in [1.165, 1.54) is 0 Å².